The Labute approximate surface area is 101 Å². The molecule has 0 bridgehead atoms. The molecule has 1 rings (SSSR count). The van der Waals surface area contributed by atoms with E-state index in [4.69, 9.17) is 5.26 Å². The first-order valence-corrected chi connectivity index (χ1v) is 5.59. The first kappa shape index (κ1) is 13.2. The highest BCUT2D eigenvalue weighted by atomic mass is 16.3. The number of amides is 1. The van der Waals surface area contributed by atoms with Gasteiger partial charge in [0.15, 0.2) is 0 Å². The molecule has 2 N–H and O–H groups in total. The SMILES string of the molecule is CCC(C#N)NC(=O)CC(O)c1ccccc1. The fourth-order valence-corrected chi connectivity index (χ4v) is 1.45. The number of aliphatic hydroxyl groups excluding tert-OH is 1. The van der Waals surface area contributed by atoms with E-state index in [9.17, 15) is 9.90 Å². The number of nitrogens with zero attached hydrogens (tertiary/aromatic N) is 1. The lowest BCUT2D eigenvalue weighted by Crippen LogP contribution is -2.34. The van der Waals surface area contributed by atoms with Crippen LogP contribution in [0.15, 0.2) is 30.3 Å². The Bertz CT molecular complexity index is 398. The molecule has 2 atom stereocenters. The van der Waals surface area contributed by atoms with E-state index in [1.165, 1.54) is 0 Å². The zero-order valence-electron chi connectivity index (χ0n) is 9.76. The second-order valence-corrected chi connectivity index (χ2v) is 3.79. The number of aliphatic hydroxyl groups is 1. The van der Waals surface area contributed by atoms with Gasteiger partial charge in [-0.05, 0) is 12.0 Å². The number of hydrogen-bond acceptors (Lipinski definition) is 3. The van der Waals surface area contributed by atoms with Gasteiger partial charge in [0.2, 0.25) is 5.91 Å². The number of benzene rings is 1. The molecule has 0 aliphatic heterocycles. The molecule has 2 unspecified atom stereocenters. The lowest BCUT2D eigenvalue weighted by atomic mass is 10.1. The van der Waals surface area contributed by atoms with Gasteiger partial charge in [-0.1, -0.05) is 37.3 Å². The Kier molecular flexibility index (Phi) is 5.18. The predicted molar refractivity (Wildman–Crippen MR) is 63.9 cm³/mol. The van der Waals surface area contributed by atoms with Crippen molar-refractivity contribution in [3.05, 3.63) is 35.9 Å². The summed E-state index contributed by atoms with van der Waals surface area (Å²) >= 11 is 0. The molecule has 4 heteroatoms. The minimum Gasteiger partial charge on any atom is -0.388 e. The molecule has 0 aromatic heterocycles. The second-order valence-electron chi connectivity index (χ2n) is 3.79. The molecule has 0 spiro atoms. The molecule has 0 radical (unpaired) electrons. The van der Waals surface area contributed by atoms with E-state index in [-0.39, 0.29) is 12.3 Å². The fraction of sp³-hybridized carbons (Fsp3) is 0.385. The normalized spacial score (nSPS) is 13.5. The third-order valence-corrected chi connectivity index (χ3v) is 2.46. The average Bonchev–Trinajstić information content (AvgIpc) is 2.37. The van der Waals surface area contributed by atoms with Crippen LogP contribution in [0.4, 0.5) is 0 Å². The average molecular weight is 232 g/mol. The van der Waals surface area contributed by atoms with E-state index in [0.717, 1.165) is 0 Å². The fourth-order valence-electron chi connectivity index (χ4n) is 1.45. The van der Waals surface area contributed by atoms with Gasteiger partial charge in [0.1, 0.15) is 6.04 Å². The van der Waals surface area contributed by atoms with Crippen molar-refractivity contribution in [2.24, 2.45) is 0 Å². The Balaban J connectivity index is 2.50. The Hall–Kier alpha value is -1.86. The van der Waals surface area contributed by atoms with Crippen LogP contribution in [0.3, 0.4) is 0 Å². The maximum Gasteiger partial charge on any atom is 0.223 e. The van der Waals surface area contributed by atoms with Crippen molar-refractivity contribution in [2.45, 2.75) is 31.9 Å². The smallest absolute Gasteiger partial charge is 0.223 e. The topological polar surface area (TPSA) is 73.1 Å². The van der Waals surface area contributed by atoms with Gasteiger partial charge >= 0.3 is 0 Å². The van der Waals surface area contributed by atoms with Gasteiger partial charge in [-0.3, -0.25) is 4.79 Å². The van der Waals surface area contributed by atoms with Crippen molar-refractivity contribution in [1.29, 1.82) is 5.26 Å². The molecule has 4 nitrogen and oxygen atoms in total. The van der Waals surface area contributed by atoms with Gasteiger partial charge in [-0.2, -0.15) is 5.26 Å². The minimum atomic E-state index is -0.826. The van der Waals surface area contributed by atoms with E-state index < -0.39 is 12.1 Å². The van der Waals surface area contributed by atoms with E-state index in [0.29, 0.717) is 12.0 Å². The molecule has 1 amide bonds. The van der Waals surface area contributed by atoms with Crippen molar-refractivity contribution < 1.29 is 9.90 Å². The number of carbonyl (C=O) groups is 1. The quantitative estimate of drug-likeness (QED) is 0.808. The summed E-state index contributed by atoms with van der Waals surface area (Å²) in [4.78, 5) is 11.5. The van der Waals surface area contributed by atoms with Crippen molar-refractivity contribution >= 4 is 5.91 Å². The van der Waals surface area contributed by atoms with Gasteiger partial charge < -0.3 is 10.4 Å². The largest absolute Gasteiger partial charge is 0.388 e. The summed E-state index contributed by atoms with van der Waals surface area (Å²) < 4.78 is 0. The highest BCUT2D eigenvalue weighted by Crippen LogP contribution is 2.15. The number of nitrogens with one attached hydrogen (secondary N) is 1. The van der Waals surface area contributed by atoms with Gasteiger partial charge in [0.05, 0.1) is 18.6 Å². The maximum atomic E-state index is 11.5. The summed E-state index contributed by atoms with van der Waals surface area (Å²) in [5.74, 6) is -0.310. The van der Waals surface area contributed by atoms with E-state index in [2.05, 4.69) is 5.32 Å². The summed E-state index contributed by atoms with van der Waals surface area (Å²) in [5.41, 5.74) is 0.702. The molecule has 0 aliphatic rings. The third kappa shape index (κ3) is 4.25. The van der Waals surface area contributed by atoms with Crippen LogP contribution in [0.25, 0.3) is 0 Å². The molecular weight excluding hydrogens is 216 g/mol. The third-order valence-electron chi connectivity index (χ3n) is 2.46. The Morgan fingerprint density at radius 1 is 1.47 bits per heavy atom. The molecule has 0 saturated carbocycles. The molecule has 17 heavy (non-hydrogen) atoms. The summed E-state index contributed by atoms with van der Waals surface area (Å²) in [5, 5.41) is 21.1. The van der Waals surface area contributed by atoms with Crippen LogP contribution in [0, 0.1) is 11.3 Å². The molecule has 0 fully saturated rings. The maximum absolute atomic E-state index is 11.5. The van der Waals surface area contributed by atoms with Crippen LogP contribution < -0.4 is 5.32 Å². The number of hydrogen-bond donors (Lipinski definition) is 2. The van der Waals surface area contributed by atoms with Gasteiger partial charge in [0.25, 0.3) is 0 Å². The summed E-state index contributed by atoms with van der Waals surface area (Å²) in [6.07, 6.45) is -0.293. The molecule has 0 heterocycles. The van der Waals surface area contributed by atoms with Crippen LogP contribution in [0.2, 0.25) is 0 Å². The van der Waals surface area contributed by atoms with Crippen molar-refractivity contribution in [3.63, 3.8) is 0 Å². The van der Waals surface area contributed by atoms with Gasteiger partial charge in [0, 0.05) is 0 Å². The monoisotopic (exact) mass is 232 g/mol. The zero-order valence-corrected chi connectivity index (χ0v) is 9.76. The number of rotatable bonds is 5. The summed E-state index contributed by atoms with van der Waals surface area (Å²) in [7, 11) is 0. The van der Waals surface area contributed by atoms with E-state index >= 15 is 0 Å². The molecule has 0 aliphatic carbocycles. The summed E-state index contributed by atoms with van der Waals surface area (Å²) in [6.45, 7) is 1.82. The van der Waals surface area contributed by atoms with Crippen LogP contribution in [0.1, 0.15) is 31.4 Å². The zero-order chi connectivity index (χ0) is 12.7. The van der Waals surface area contributed by atoms with Crippen LogP contribution in [0.5, 0.6) is 0 Å². The lowest BCUT2D eigenvalue weighted by molar-refractivity contribution is -0.123. The van der Waals surface area contributed by atoms with Crippen LogP contribution in [-0.4, -0.2) is 17.1 Å². The predicted octanol–water partition coefficient (Wildman–Crippen LogP) is 1.53. The van der Waals surface area contributed by atoms with Gasteiger partial charge in [-0.25, -0.2) is 0 Å². The lowest BCUT2D eigenvalue weighted by Gasteiger charge is -2.13. The molecule has 0 saturated heterocycles. The molecular formula is C13H16N2O2. The van der Waals surface area contributed by atoms with Crippen molar-refractivity contribution in [2.75, 3.05) is 0 Å². The summed E-state index contributed by atoms with van der Waals surface area (Å²) in [6, 6.07) is 10.5. The number of nitriles is 1. The minimum absolute atomic E-state index is 0.0256. The first-order valence-electron chi connectivity index (χ1n) is 5.59. The van der Waals surface area contributed by atoms with Gasteiger partial charge in [-0.15, -0.1) is 0 Å². The molecule has 90 valence electrons. The highest BCUT2D eigenvalue weighted by Gasteiger charge is 2.15. The Morgan fingerprint density at radius 2 is 2.12 bits per heavy atom. The standard InChI is InChI=1S/C13H16N2O2/c1-2-11(9-14)15-13(17)8-12(16)10-6-4-3-5-7-10/h3-7,11-12,16H,2,8H2,1H3,(H,15,17). The Morgan fingerprint density at radius 3 is 2.65 bits per heavy atom. The van der Waals surface area contributed by atoms with Crippen molar-refractivity contribution in [1.82, 2.24) is 5.32 Å². The highest BCUT2D eigenvalue weighted by molar-refractivity contribution is 5.77. The van der Waals surface area contributed by atoms with Crippen LogP contribution >= 0.6 is 0 Å². The van der Waals surface area contributed by atoms with Crippen molar-refractivity contribution in [3.8, 4) is 6.07 Å². The number of carbonyl (C=O) groups excluding carboxylic acids is 1. The first-order chi connectivity index (χ1) is 8.17. The second kappa shape index (κ2) is 6.66. The molecule has 1 aromatic rings. The van der Waals surface area contributed by atoms with E-state index in [1.54, 1.807) is 24.3 Å². The molecule has 1 aromatic carbocycles. The van der Waals surface area contributed by atoms with Crippen LogP contribution in [-0.2, 0) is 4.79 Å². The van der Waals surface area contributed by atoms with E-state index in [1.807, 2.05) is 19.1 Å².